The van der Waals surface area contributed by atoms with Crippen LogP contribution in [0.3, 0.4) is 0 Å². The Morgan fingerprint density at radius 3 is 2.47 bits per heavy atom. The van der Waals surface area contributed by atoms with Gasteiger partial charge in [0, 0.05) is 18.0 Å². The lowest BCUT2D eigenvalue weighted by Gasteiger charge is -2.35. The van der Waals surface area contributed by atoms with Crippen LogP contribution in [-0.2, 0) is 20.9 Å². The highest BCUT2D eigenvalue weighted by atomic mass is 19.2. The molecule has 1 unspecified atom stereocenters. The molecule has 170 valence electrons. The number of carbonyl (C=O) groups is 2. The third-order valence-corrected chi connectivity index (χ3v) is 5.73. The molecule has 0 fully saturated rings. The number of halogens is 2. The molecule has 32 heavy (non-hydrogen) atoms. The van der Waals surface area contributed by atoms with E-state index < -0.39 is 23.5 Å². The van der Waals surface area contributed by atoms with E-state index in [1.165, 1.54) is 11.0 Å². The van der Waals surface area contributed by atoms with E-state index in [-0.39, 0.29) is 31.4 Å². The number of aryl methyl sites for hydroxylation is 2. The highest BCUT2D eigenvalue weighted by Crippen LogP contribution is 2.39. The maximum Gasteiger partial charge on any atom is 0.336 e. The molecule has 3 rings (SSSR count). The van der Waals surface area contributed by atoms with Gasteiger partial charge in [0.05, 0.1) is 18.7 Å². The molecule has 4 nitrogen and oxygen atoms in total. The number of carbonyl (C=O) groups excluding carboxylic acids is 2. The van der Waals surface area contributed by atoms with Crippen molar-refractivity contribution in [3.8, 4) is 0 Å². The summed E-state index contributed by atoms with van der Waals surface area (Å²) < 4.78 is 32.6. The molecule has 0 saturated heterocycles. The number of hydrogen-bond donors (Lipinski definition) is 0. The maximum atomic E-state index is 13.7. The maximum absolute atomic E-state index is 13.7. The first-order chi connectivity index (χ1) is 15.1. The second-order valence-corrected chi connectivity index (χ2v) is 8.84. The van der Waals surface area contributed by atoms with Gasteiger partial charge in [0.1, 0.15) is 0 Å². The third-order valence-electron chi connectivity index (χ3n) is 5.73. The van der Waals surface area contributed by atoms with E-state index in [2.05, 4.69) is 0 Å². The van der Waals surface area contributed by atoms with Gasteiger partial charge >= 0.3 is 5.97 Å². The predicted molar refractivity (Wildman–Crippen MR) is 119 cm³/mol. The molecular weight excluding hydrogens is 412 g/mol. The van der Waals surface area contributed by atoms with Crippen molar-refractivity contribution in [2.45, 2.75) is 53.5 Å². The van der Waals surface area contributed by atoms with Crippen molar-refractivity contribution in [2.24, 2.45) is 5.92 Å². The average Bonchev–Trinajstić information content (AvgIpc) is 2.73. The lowest BCUT2D eigenvalue weighted by molar-refractivity contribution is -0.141. The van der Waals surface area contributed by atoms with Gasteiger partial charge in [-0.2, -0.15) is 0 Å². The number of benzene rings is 2. The highest BCUT2D eigenvalue weighted by molar-refractivity contribution is 5.96. The van der Waals surface area contributed by atoms with Gasteiger partial charge in [-0.15, -0.1) is 0 Å². The van der Waals surface area contributed by atoms with Gasteiger partial charge in [0.15, 0.2) is 11.6 Å². The monoisotopic (exact) mass is 441 g/mol. The van der Waals surface area contributed by atoms with Crippen LogP contribution in [0.4, 0.5) is 8.78 Å². The zero-order chi connectivity index (χ0) is 23.6. The largest absolute Gasteiger partial charge is 0.462 e. The number of amides is 1. The number of esters is 1. The first kappa shape index (κ1) is 23.6. The number of allylic oxidation sites excluding steroid dienone is 1. The summed E-state index contributed by atoms with van der Waals surface area (Å²) in [4.78, 5) is 27.8. The molecule has 2 aromatic rings. The Labute approximate surface area is 187 Å². The summed E-state index contributed by atoms with van der Waals surface area (Å²) in [6, 6.07) is 9.52. The summed E-state index contributed by atoms with van der Waals surface area (Å²) in [5.74, 6) is -2.81. The Bertz CT molecular complexity index is 1070. The van der Waals surface area contributed by atoms with Crippen molar-refractivity contribution in [2.75, 3.05) is 6.61 Å². The average molecular weight is 442 g/mol. The zero-order valence-electron chi connectivity index (χ0n) is 19.2. The molecule has 0 spiro atoms. The Hall–Kier alpha value is -3.02. The number of hydrogen-bond acceptors (Lipinski definition) is 3. The molecule has 0 bridgehead atoms. The van der Waals surface area contributed by atoms with Gasteiger partial charge in [-0.25, -0.2) is 13.6 Å². The SMILES string of the molecule is CC1=C(C(=O)OCC(C)C)C(c2cc(C)ccc2C)CC(=O)N1Cc1ccc(F)c(F)c1. The molecule has 1 atom stereocenters. The third kappa shape index (κ3) is 5.06. The molecule has 1 heterocycles. The molecule has 1 aliphatic heterocycles. The molecule has 6 heteroatoms. The Balaban J connectivity index is 2.05. The van der Waals surface area contributed by atoms with Crippen LogP contribution >= 0.6 is 0 Å². The van der Waals surface area contributed by atoms with Crippen molar-refractivity contribution >= 4 is 11.9 Å². The summed E-state index contributed by atoms with van der Waals surface area (Å²) in [5.41, 5.74) is 4.30. The normalized spacial score (nSPS) is 16.7. The van der Waals surface area contributed by atoms with Crippen LogP contribution in [0.25, 0.3) is 0 Å². The molecular formula is C26H29F2NO3. The zero-order valence-corrected chi connectivity index (χ0v) is 19.2. The Morgan fingerprint density at radius 1 is 1.09 bits per heavy atom. The summed E-state index contributed by atoms with van der Waals surface area (Å²) in [6.45, 7) is 9.86. The fourth-order valence-corrected chi connectivity index (χ4v) is 4.01. The Kier molecular flexibility index (Phi) is 7.12. The Morgan fingerprint density at radius 2 is 1.81 bits per heavy atom. The molecule has 0 aliphatic carbocycles. The molecule has 1 aliphatic rings. The van der Waals surface area contributed by atoms with E-state index in [0.29, 0.717) is 16.8 Å². The minimum Gasteiger partial charge on any atom is -0.462 e. The van der Waals surface area contributed by atoms with Crippen LogP contribution in [-0.4, -0.2) is 23.4 Å². The molecule has 0 N–H and O–H groups in total. The van der Waals surface area contributed by atoms with Gasteiger partial charge < -0.3 is 9.64 Å². The topological polar surface area (TPSA) is 46.6 Å². The van der Waals surface area contributed by atoms with Crippen molar-refractivity contribution in [3.63, 3.8) is 0 Å². The molecule has 0 saturated carbocycles. The highest BCUT2D eigenvalue weighted by Gasteiger charge is 2.37. The molecule has 1 amide bonds. The second-order valence-electron chi connectivity index (χ2n) is 8.84. The molecule has 0 aromatic heterocycles. The van der Waals surface area contributed by atoms with Crippen LogP contribution in [0.15, 0.2) is 47.7 Å². The first-order valence-electron chi connectivity index (χ1n) is 10.8. The van der Waals surface area contributed by atoms with E-state index in [4.69, 9.17) is 4.74 Å². The summed E-state index contributed by atoms with van der Waals surface area (Å²) >= 11 is 0. The number of rotatable bonds is 6. The fraction of sp³-hybridized carbons (Fsp3) is 0.385. The smallest absolute Gasteiger partial charge is 0.336 e. The summed E-state index contributed by atoms with van der Waals surface area (Å²) in [7, 11) is 0. The number of ether oxygens (including phenoxy) is 1. The quantitative estimate of drug-likeness (QED) is 0.551. The van der Waals surface area contributed by atoms with Crippen molar-refractivity contribution in [3.05, 3.63) is 81.6 Å². The van der Waals surface area contributed by atoms with Crippen molar-refractivity contribution in [1.82, 2.24) is 4.90 Å². The summed E-state index contributed by atoms with van der Waals surface area (Å²) in [6.07, 6.45) is 0.0947. The van der Waals surface area contributed by atoms with E-state index in [1.54, 1.807) is 6.92 Å². The van der Waals surface area contributed by atoms with Crippen LogP contribution in [0, 0.1) is 31.4 Å². The van der Waals surface area contributed by atoms with Crippen LogP contribution in [0.1, 0.15) is 55.4 Å². The van der Waals surface area contributed by atoms with E-state index >= 15 is 0 Å². The lowest BCUT2D eigenvalue weighted by atomic mass is 9.81. The standard InChI is InChI=1S/C26H29F2NO3/c1-15(2)14-32-26(31)25-18(5)29(13-19-8-9-22(27)23(28)11-19)24(30)12-21(25)20-10-16(3)6-7-17(20)4/h6-11,15,21H,12-14H2,1-5H3. The molecule has 0 radical (unpaired) electrons. The predicted octanol–water partition coefficient (Wildman–Crippen LogP) is 5.57. The van der Waals surface area contributed by atoms with Gasteiger partial charge in [0.2, 0.25) is 5.91 Å². The number of nitrogens with zero attached hydrogens (tertiary/aromatic N) is 1. The van der Waals surface area contributed by atoms with Gasteiger partial charge in [-0.1, -0.05) is 43.7 Å². The van der Waals surface area contributed by atoms with Crippen LogP contribution in [0.2, 0.25) is 0 Å². The summed E-state index contributed by atoms with van der Waals surface area (Å²) in [5, 5.41) is 0. The van der Waals surface area contributed by atoms with Gasteiger partial charge in [-0.3, -0.25) is 4.79 Å². The van der Waals surface area contributed by atoms with E-state index in [1.807, 2.05) is 45.9 Å². The minimum absolute atomic E-state index is 0.0440. The first-order valence-corrected chi connectivity index (χ1v) is 10.8. The van der Waals surface area contributed by atoms with Crippen LogP contribution < -0.4 is 0 Å². The molecule has 2 aromatic carbocycles. The fourth-order valence-electron chi connectivity index (χ4n) is 4.01. The minimum atomic E-state index is -0.974. The second kappa shape index (κ2) is 9.63. The van der Waals surface area contributed by atoms with Crippen molar-refractivity contribution in [1.29, 1.82) is 0 Å². The van der Waals surface area contributed by atoms with Crippen molar-refractivity contribution < 1.29 is 23.1 Å². The van der Waals surface area contributed by atoms with Gasteiger partial charge in [0.25, 0.3) is 0 Å². The van der Waals surface area contributed by atoms with Crippen LogP contribution in [0.5, 0.6) is 0 Å². The lowest BCUT2D eigenvalue weighted by Crippen LogP contribution is -2.38. The van der Waals surface area contributed by atoms with E-state index in [9.17, 15) is 18.4 Å². The van der Waals surface area contributed by atoms with Gasteiger partial charge in [-0.05, 0) is 55.5 Å². The van der Waals surface area contributed by atoms with E-state index in [0.717, 1.165) is 28.8 Å².